The van der Waals surface area contributed by atoms with Crippen LogP contribution in [0.4, 0.5) is 0 Å². The first kappa shape index (κ1) is 12.4. The number of benzene rings is 1. The van der Waals surface area contributed by atoms with Gasteiger partial charge in [-0.15, -0.1) is 0 Å². The Hall–Kier alpha value is -1.02. The average molecular weight is 234 g/mol. The number of rotatable bonds is 3. The van der Waals surface area contributed by atoms with E-state index in [0.717, 1.165) is 17.7 Å². The normalized spacial score (nSPS) is 25.8. The van der Waals surface area contributed by atoms with Gasteiger partial charge >= 0.3 is 0 Å². The van der Waals surface area contributed by atoms with Gasteiger partial charge in [-0.05, 0) is 48.4 Å². The summed E-state index contributed by atoms with van der Waals surface area (Å²) in [5, 5.41) is 9.76. The van der Waals surface area contributed by atoms with Crippen LogP contribution < -0.4 is 4.74 Å². The molecule has 1 fully saturated rings. The molecule has 1 aliphatic rings. The van der Waals surface area contributed by atoms with Gasteiger partial charge in [-0.3, -0.25) is 0 Å². The monoisotopic (exact) mass is 234 g/mol. The van der Waals surface area contributed by atoms with E-state index in [4.69, 9.17) is 4.74 Å². The molecule has 0 amide bonds. The third-order valence-corrected chi connectivity index (χ3v) is 4.44. The third kappa shape index (κ3) is 1.66. The lowest BCUT2D eigenvalue weighted by Crippen LogP contribution is -2.20. The summed E-state index contributed by atoms with van der Waals surface area (Å²) in [4.78, 5) is 0. The molecule has 0 aliphatic heterocycles. The summed E-state index contributed by atoms with van der Waals surface area (Å²) in [7, 11) is 1.70. The van der Waals surface area contributed by atoms with Crippen molar-refractivity contribution in [3.05, 3.63) is 28.8 Å². The number of aryl methyl sites for hydroxylation is 2. The molecule has 1 saturated carbocycles. The first-order chi connectivity index (χ1) is 7.88. The Morgan fingerprint density at radius 3 is 2.24 bits per heavy atom. The molecule has 0 radical (unpaired) electrons. The minimum Gasteiger partial charge on any atom is -0.496 e. The Morgan fingerprint density at radius 1 is 1.24 bits per heavy atom. The maximum absolute atomic E-state index is 9.76. The maximum atomic E-state index is 9.76. The van der Waals surface area contributed by atoms with Crippen LogP contribution in [0.25, 0.3) is 0 Å². The van der Waals surface area contributed by atoms with Gasteiger partial charge in [-0.2, -0.15) is 0 Å². The molecule has 1 aromatic carbocycles. The smallest absolute Gasteiger partial charge is 0.122 e. The Labute approximate surface area is 104 Å². The van der Waals surface area contributed by atoms with Crippen molar-refractivity contribution >= 4 is 0 Å². The van der Waals surface area contributed by atoms with Gasteiger partial charge < -0.3 is 9.84 Å². The summed E-state index contributed by atoms with van der Waals surface area (Å²) in [6.45, 7) is 8.84. The zero-order chi connectivity index (χ0) is 12.8. The SMILES string of the molecule is COc1cc(C)c(C2(CO)CC2(C)C)cc1C. The molecule has 2 heteroatoms. The van der Waals surface area contributed by atoms with Crippen molar-refractivity contribution in [3.63, 3.8) is 0 Å². The average Bonchev–Trinajstić information content (AvgIpc) is 2.85. The fourth-order valence-electron chi connectivity index (χ4n) is 3.05. The first-order valence-electron chi connectivity index (χ1n) is 6.14. The summed E-state index contributed by atoms with van der Waals surface area (Å²) in [6, 6.07) is 4.26. The van der Waals surface area contributed by atoms with Crippen LogP contribution in [0.5, 0.6) is 5.75 Å². The van der Waals surface area contributed by atoms with E-state index in [9.17, 15) is 5.11 Å². The van der Waals surface area contributed by atoms with Crippen LogP contribution >= 0.6 is 0 Å². The zero-order valence-electron chi connectivity index (χ0n) is 11.4. The van der Waals surface area contributed by atoms with Crippen LogP contribution in [-0.2, 0) is 5.41 Å². The number of hydrogen-bond acceptors (Lipinski definition) is 2. The van der Waals surface area contributed by atoms with Gasteiger partial charge in [0.05, 0.1) is 13.7 Å². The van der Waals surface area contributed by atoms with E-state index in [1.165, 1.54) is 11.1 Å². The topological polar surface area (TPSA) is 29.5 Å². The lowest BCUT2D eigenvalue weighted by atomic mass is 9.85. The molecule has 1 atom stereocenters. The Morgan fingerprint density at radius 2 is 1.82 bits per heavy atom. The number of ether oxygens (including phenoxy) is 1. The second kappa shape index (κ2) is 3.74. The molecule has 1 aliphatic carbocycles. The lowest BCUT2D eigenvalue weighted by Gasteiger charge is -2.22. The van der Waals surface area contributed by atoms with Crippen molar-refractivity contribution in [2.45, 2.75) is 39.5 Å². The molecule has 1 N–H and O–H groups in total. The predicted molar refractivity (Wildman–Crippen MR) is 69.6 cm³/mol. The highest BCUT2D eigenvalue weighted by Crippen LogP contribution is 2.64. The van der Waals surface area contributed by atoms with E-state index in [1.807, 2.05) is 0 Å². The molecule has 2 rings (SSSR count). The van der Waals surface area contributed by atoms with E-state index in [-0.39, 0.29) is 17.4 Å². The molecular formula is C15H22O2. The molecule has 0 aromatic heterocycles. The molecule has 0 spiro atoms. The molecular weight excluding hydrogens is 212 g/mol. The highest BCUT2D eigenvalue weighted by atomic mass is 16.5. The summed E-state index contributed by atoms with van der Waals surface area (Å²) in [5.74, 6) is 0.929. The van der Waals surface area contributed by atoms with E-state index in [2.05, 4.69) is 39.8 Å². The second-order valence-electron chi connectivity index (χ2n) is 5.94. The summed E-state index contributed by atoms with van der Waals surface area (Å²) >= 11 is 0. The Kier molecular flexibility index (Phi) is 2.74. The van der Waals surface area contributed by atoms with Crippen molar-refractivity contribution in [2.75, 3.05) is 13.7 Å². The summed E-state index contributed by atoms with van der Waals surface area (Å²) < 4.78 is 5.34. The minimum absolute atomic E-state index is 0.0475. The molecule has 94 valence electrons. The van der Waals surface area contributed by atoms with E-state index in [0.29, 0.717) is 0 Å². The number of aliphatic hydroxyl groups excluding tert-OH is 1. The number of methoxy groups -OCH3 is 1. The molecule has 17 heavy (non-hydrogen) atoms. The minimum atomic E-state index is -0.0475. The van der Waals surface area contributed by atoms with Gasteiger partial charge in [0.15, 0.2) is 0 Å². The summed E-state index contributed by atoms with van der Waals surface area (Å²) in [5.41, 5.74) is 3.79. The Bertz CT molecular complexity index is 448. The lowest BCUT2D eigenvalue weighted by molar-refractivity contribution is 0.231. The molecule has 0 saturated heterocycles. The Balaban J connectivity index is 2.51. The van der Waals surface area contributed by atoms with E-state index >= 15 is 0 Å². The molecule has 0 bridgehead atoms. The van der Waals surface area contributed by atoms with Crippen LogP contribution in [0, 0.1) is 19.3 Å². The van der Waals surface area contributed by atoms with Gasteiger partial charge in [-0.25, -0.2) is 0 Å². The van der Waals surface area contributed by atoms with Crippen LogP contribution in [0.2, 0.25) is 0 Å². The number of hydrogen-bond donors (Lipinski definition) is 1. The predicted octanol–water partition coefficient (Wildman–Crippen LogP) is 2.97. The summed E-state index contributed by atoms with van der Waals surface area (Å²) in [6.07, 6.45) is 1.06. The van der Waals surface area contributed by atoms with Crippen molar-refractivity contribution < 1.29 is 9.84 Å². The highest BCUT2D eigenvalue weighted by Gasteiger charge is 2.62. The fourth-order valence-corrected chi connectivity index (χ4v) is 3.05. The number of aliphatic hydroxyl groups is 1. The standard InChI is InChI=1S/C15H22O2/c1-10-7-13(17-5)11(2)6-12(10)15(9-16)8-14(15,3)4/h6-7,16H,8-9H2,1-5H3. The maximum Gasteiger partial charge on any atom is 0.122 e. The molecule has 1 aromatic rings. The molecule has 1 unspecified atom stereocenters. The van der Waals surface area contributed by atoms with Crippen molar-refractivity contribution in [3.8, 4) is 5.75 Å². The molecule has 2 nitrogen and oxygen atoms in total. The van der Waals surface area contributed by atoms with Crippen molar-refractivity contribution in [1.82, 2.24) is 0 Å². The van der Waals surface area contributed by atoms with Crippen LogP contribution in [0.15, 0.2) is 12.1 Å². The quantitative estimate of drug-likeness (QED) is 0.871. The van der Waals surface area contributed by atoms with Gasteiger partial charge in [0.25, 0.3) is 0 Å². The second-order valence-corrected chi connectivity index (χ2v) is 5.94. The van der Waals surface area contributed by atoms with Gasteiger partial charge in [0.1, 0.15) is 5.75 Å². The van der Waals surface area contributed by atoms with Crippen LogP contribution in [0.3, 0.4) is 0 Å². The fraction of sp³-hybridized carbons (Fsp3) is 0.600. The first-order valence-corrected chi connectivity index (χ1v) is 6.14. The third-order valence-electron chi connectivity index (χ3n) is 4.44. The van der Waals surface area contributed by atoms with Gasteiger partial charge in [0, 0.05) is 5.41 Å². The largest absolute Gasteiger partial charge is 0.496 e. The van der Waals surface area contributed by atoms with Gasteiger partial charge in [-0.1, -0.05) is 19.9 Å². The van der Waals surface area contributed by atoms with Crippen molar-refractivity contribution in [1.29, 1.82) is 0 Å². The highest BCUT2D eigenvalue weighted by molar-refractivity contribution is 5.49. The van der Waals surface area contributed by atoms with Crippen molar-refractivity contribution in [2.24, 2.45) is 5.41 Å². The van der Waals surface area contributed by atoms with Gasteiger partial charge in [0.2, 0.25) is 0 Å². The zero-order valence-corrected chi connectivity index (χ0v) is 11.4. The molecule has 0 heterocycles. The van der Waals surface area contributed by atoms with E-state index < -0.39 is 0 Å². The van der Waals surface area contributed by atoms with E-state index in [1.54, 1.807) is 7.11 Å². The van der Waals surface area contributed by atoms with Crippen LogP contribution in [0.1, 0.15) is 37.0 Å². The van der Waals surface area contributed by atoms with Crippen LogP contribution in [-0.4, -0.2) is 18.8 Å².